The fraction of sp³-hybridized carbons (Fsp3) is 0.471. The summed E-state index contributed by atoms with van der Waals surface area (Å²) in [6.07, 6.45) is 1.49. The normalized spacial score (nSPS) is 15.9. The van der Waals surface area contributed by atoms with Crippen molar-refractivity contribution in [2.24, 2.45) is 0 Å². The van der Waals surface area contributed by atoms with Gasteiger partial charge < -0.3 is 20.3 Å². The summed E-state index contributed by atoms with van der Waals surface area (Å²) in [7, 11) is 0. The van der Waals surface area contributed by atoms with Crippen LogP contribution in [0.25, 0.3) is 10.2 Å². The lowest BCUT2D eigenvalue weighted by Gasteiger charge is -2.28. The zero-order valence-corrected chi connectivity index (χ0v) is 16.5. The highest BCUT2D eigenvalue weighted by Crippen LogP contribution is 2.40. The van der Waals surface area contributed by atoms with Gasteiger partial charge in [-0.1, -0.05) is 0 Å². The Hall–Kier alpha value is -2.96. The summed E-state index contributed by atoms with van der Waals surface area (Å²) in [4.78, 5) is 21.7. The highest BCUT2D eigenvalue weighted by Gasteiger charge is 2.38. The molecular formula is C17H18F3N7O2S. The number of aryl methyl sites for hydroxylation is 2. The number of hydrogen-bond acceptors (Lipinski definition) is 8. The van der Waals surface area contributed by atoms with E-state index in [1.54, 1.807) is 6.33 Å². The van der Waals surface area contributed by atoms with Gasteiger partial charge in [-0.15, -0.1) is 21.5 Å². The van der Waals surface area contributed by atoms with E-state index in [2.05, 4.69) is 29.6 Å². The smallest absolute Gasteiger partial charge is 0.475 e. The van der Waals surface area contributed by atoms with Crippen LogP contribution in [0.15, 0.2) is 6.33 Å². The Bertz CT molecular complexity index is 1100. The third-order valence-electron chi connectivity index (χ3n) is 4.97. The summed E-state index contributed by atoms with van der Waals surface area (Å²) in [5, 5.41) is 15.3. The van der Waals surface area contributed by atoms with Gasteiger partial charge in [0.05, 0.1) is 16.8 Å². The Morgan fingerprint density at radius 1 is 1.20 bits per heavy atom. The molecule has 0 unspecified atom stereocenters. The molecule has 0 bridgehead atoms. The lowest BCUT2D eigenvalue weighted by molar-refractivity contribution is -0.192. The molecule has 0 fully saturated rings. The number of aliphatic carboxylic acids is 1. The highest BCUT2D eigenvalue weighted by atomic mass is 32.1. The predicted molar refractivity (Wildman–Crippen MR) is 103 cm³/mol. The molecule has 1 aliphatic carbocycles. The molecule has 0 aromatic carbocycles. The van der Waals surface area contributed by atoms with Gasteiger partial charge in [0, 0.05) is 18.0 Å². The number of carboxylic acid groups (broad SMARTS) is 1. The number of carbonyl (C=O) groups is 1. The van der Waals surface area contributed by atoms with E-state index in [1.165, 1.54) is 28.0 Å². The number of fused-ring (bicyclic) bond motifs is 4. The summed E-state index contributed by atoms with van der Waals surface area (Å²) in [5.41, 5.74) is 8.48. The molecule has 30 heavy (non-hydrogen) atoms. The van der Waals surface area contributed by atoms with E-state index >= 15 is 0 Å². The average Bonchev–Trinajstić information content (AvgIpc) is 3.31. The highest BCUT2D eigenvalue weighted by molar-refractivity contribution is 7.19. The maximum Gasteiger partial charge on any atom is 0.490 e. The van der Waals surface area contributed by atoms with Gasteiger partial charge >= 0.3 is 12.1 Å². The topological polar surface area (TPSA) is 123 Å². The third kappa shape index (κ3) is 3.88. The van der Waals surface area contributed by atoms with Gasteiger partial charge in [0.1, 0.15) is 6.33 Å². The first-order valence-corrected chi connectivity index (χ1v) is 10.0. The fourth-order valence-corrected chi connectivity index (χ4v) is 4.93. The average molecular weight is 441 g/mol. The van der Waals surface area contributed by atoms with Gasteiger partial charge in [-0.05, 0) is 31.2 Å². The van der Waals surface area contributed by atoms with Gasteiger partial charge in [0.2, 0.25) is 5.95 Å². The SMILES string of the molecule is Nc1nc(N2CCn3cnnc3C2)c2sc3c(c2n1)CCCC3.O=C(O)C(F)(F)F. The lowest BCUT2D eigenvalue weighted by Crippen LogP contribution is -2.34. The van der Waals surface area contributed by atoms with Gasteiger partial charge in [-0.2, -0.15) is 18.2 Å². The van der Waals surface area contributed by atoms with Crippen molar-refractivity contribution in [2.75, 3.05) is 17.2 Å². The monoisotopic (exact) mass is 441 g/mol. The number of nitrogens with two attached hydrogens (primary N) is 1. The van der Waals surface area contributed by atoms with Crippen LogP contribution in [-0.4, -0.2) is 48.5 Å². The van der Waals surface area contributed by atoms with E-state index in [1.807, 2.05) is 11.3 Å². The first-order chi connectivity index (χ1) is 14.2. The van der Waals surface area contributed by atoms with Crippen molar-refractivity contribution in [3.8, 4) is 0 Å². The molecule has 2 aliphatic rings. The van der Waals surface area contributed by atoms with Crippen molar-refractivity contribution < 1.29 is 23.1 Å². The van der Waals surface area contributed by atoms with Crippen LogP contribution in [0.3, 0.4) is 0 Å². The van der Waals surface area contributed by atoms with E-state index in [0.717, 1.165) is 43.1 Å². The maximum absolute atomic E-state index is 10.6. The number of nitrogens with zero attached hydrogens (tertiary/aromatic N) is 6. The summed E-state index contributed by atoms with van der Waals surface area (Å²) in [5.74, 6) is -0.456. The molecule has 13 heteroatoms. The molecule has 0 saturated carbocycles. The number of thiophene rings is 1. The van der Waals surface area contributed by atoms with E-state index in [0.29, 0.717) is 12.5 Å². The van der Waals surface area contributed by atoms with Crippen molar-refractivity contribution >= 4 is 39.3 Å². The van der Waals surface area contributed by atoms with Crippen molar-refractivity contribution in [1.29, 1.82) is 0 Å². The van der Waals surface area contributed by atoms with Crippen molar-refractivity contribution in [3.63, 3.8) is 0 Å². The zero-order valence-electron chi connectivity index (χ0n) is 15.7. The molecule has 5 rings (SSSR count). The van der Waals surface area contributed by atoms with E-state index in [-0.39, 0.29) is 0 Å². The summed E-state index contributed by atoms with van der Waals surface area (Å²) in [6, 6.07) is 0. The Labute approximate surface area is 172 Å². The first-order valence-electron chi connectivity index (χ1n) is 9.23. The Morgan fingerprint density at radius 3 is 2.67 bits per heavy atom. The second kappa shape index (κ2) is 7.70. The second-order valence-corrected chi connectivity index (χ2v) is 8.06. The second-order valence-electron chi connectivity index (χ2n) is 6.96. The molecule has 4 heterocycles. The minimum atomic E-state index is -5.08. The quantitative estimate of drug-likeness (QED) is 0.590. The molecule has 3 aromatic rings. The molecule has 9 nitrogen and oxygen atoms in total. The van der Waals surface area contributed by atoms with Crippen LogP contribution in [0.5, 0.6) is 0 Å². The molecule has 0 radical (unpaired) electrons. The molecule has 1 aliphatic heterocycles. The first kappa shape index (κ1) is 20.3. The predicted octanol–water partition coefficient (Wildman–Crippen LogP) is 2.40. The summed E-state index contributed by atoms with van der Waals surface area (Å²) in [6.45, 7) is 2.48. The van der Waals surface area contributed by atoms with Crippen molar-refractivity contribution in [3.05, 3.63) is 22.6 Å². The molecule has 3 N–H and O–H groups in total. The van der Waals surface area contributed by atoms with E-state index in [9.17, 15) is 13.2 Å². The van der Waals surface area contributed by atoms with Crippen LogP contribution in [-0.2, 0) is 30.7 Å². The Morgan fingerprint density at radius 2 is 1.93 bits per heavy atom. The van der Waals surface area contributed by atoms with Crippen LogP contribution in [0.2, 0.25) is 0 Å². The molecule has 160 valence electrons. The molecule has 0 amide bonds. The van der Waals surface area contributed by atoms with Crippen LogP contribution in [0.4, 0.5) is 24.9 Å². The third-order valence-corrected chi connectivity index (χ3v) is 6.25. The number of alkyl halides is 3. The Kier molecular flexibility index (Phi) is 5.22. The molecule has 0 spiro atoms. The van der Waals surface area contributed by atoms with Crippen LogP contribution in [0.1, 0.15) is 29.1 Å². The van der Waals surface area contributed by atoms with Gasteiger partial charge in [-0.25, -0.2) is 9.78 Å². The van der Waals surface area contributed by atoms with E-state index in [4.69, 9.17) is 15.6 Å². The fourth-order valence-electron chi connectivity index (χ4n) is 3.58. The van der Waals surface area contributed by atoms with Gasteiger partial charge in [0.25, 0.3) is 0 Å². The molecule has 0 atom stereocenters. The standard InChI is InChI=1S/C15H17N7S.C2HF3O2/c16-15-18-12-9-3-1-2-4-10(9)23-13(12)14(19-15)21-5-6-22-8-17-20-11(22)7-21;3-2(4,5)1(6)7/h8H,1-7H2,(H2,16,18,19);(H,6,7). The number of nitrogen functional groups attached to an aromatic ring is 1. The van der Waals surface area contributed by atoms with Crippen molar-refractivity contribution in [2.45, 2.75) is 44.9 Å². The molecule has 0 saturated heterocycles. The number of aromatic nitrogens is 5. The Balaban J connectivity index is 0.000000272. The number of rotatable bonds is 1. The number of anilines is 2. The van der Waals surface area contributed by atoms with Gasteiger partial charge in [-0.3, -0.25) is 0 Å². The summed E-state index contributed by atoms with van der Waals surface area (Å²) >= 11 is 1.85. The van der Waals surface area contributed by atoms with E-state index < -0.39 is 12.1 Å². The largest absolute Gasteiger partial charge is 0.490 e. The number of hydrogen-bond donors (Lipinski definition) is 2. The minimum Gasteiger partial charge on any atom is -0.475 e. The van der Waals surface area contributed by atoms with Gasteiger partial charge in [0.15, 0.2) is 11.6 Å². The maximum atomic E-state index is 10.6. The molecular weight excluding hydrogens is 423 g/mol. The van der Waals surface area contributed by atoms with Crippen LogP contribution in [0, 0.1) is 0 Å². The minimum absolute atomic E-state index is 0.366. The van der Waals surface area contributed by atoms with Crippen molar-refractivity contribution in [1.82, 2.24) is 24.7 Å². The zero-order chi connectivity index (χ0) is 21.5. The summed E-state index contributed by atoms with van der Waals surface area (Å²) < 4.78 is 35.0. The van der Waals surface area contributed by atoms with Crippen LogP contribution < -0.4 is 10.6 Å². The number of halogens is 3. The molecule has 3 aromatic heterocycles. The number of carboxylic acids is 1. The lowest BCUT2D eigenvalue weighted by atomic mass is 9.98. The van der Waals surface area contributed by atoms with Crippen LogP contribution >= 0.6 is 11.3 Å².